The van der Waals surface area contributed by atoms with Crippen LogP contribution >= 0.6 is 0 Å². The van der Waals surface area contributed by atoms with Crippen LogP contribution in [0.1, 0.15) is 38.5 Å². The van der Waals surface area contributed by atoms with Gasteiger partial charge >= 0.3 is 0 Å². The maximum absolute atomic E-state index is 2.26. The van der Waals surface area contributed by atoms with Crippen molar-refractivity contribution in [2.45, 2.75) is 38.5 Å². The summed E-state index contributed by atoms with van der Waals surface area (Å²) in [6, 6.07) is 0. The van der Waals surface area contributed by atoms with Crippen LogP contribution in [0.25, 0.3) is 0 Å². The molecule has 1 rings (SSSR count). The molecule has 0 atom stereocenters. The minimum absolute atomic E-state index is 1.16. The largest absolute Gasteiger partial charge is 0.0845 e. The highest BCUT2D eigenvalue weighted by molar-refractivity contribution is 5.23. The molecule has 156 valence electrons. The summed E-state index contributed by atoms with van der Waals surface area (Å²) in [4.78, 5) is 0. The first kappa shape index (κ1) is 24.9. The van der Waals surface area contributed by atoms with Gasteiger partial charge in [-0.1, -0.05) is 159 Å². The van der Waals surface area contributed by atoms with Crippen molar-refractivity contribution in [3.63, 3.8) is 0 Å². The van der Waals surface area contributed by atoms with Gasteiger partial charge in [0.05, 0.1) is 0 Å². The topological polar surface area (TPSA) is 0 Å². The van der Waals surface area contributed by atoms with Gasteiger partial charge < -0.3 is 0 Å². The van der Waals surface area contributed by atoms with E-state index in [9.17, 15) is 0 Å². The first-order chi connectivity index (χ1) is 15.0. The highest BCUT2D eigenvalue weighted by Gasteiger charge is 1.86. The van der Waals surface area contributed by atoms with E-state index in [1.807, 2.05) is 97.2 Å². The standard InChI is InChI=1S/C30H36/c1-2-4-6-8-10-12-14-16-18-20-22-24-26-28-30-29-27-25-23-21-19-17-15-13-11-9-7-5-3-1/h1-24H,25-30H2/b3-1-,4-2-,7-5-,8-6-,11-9-,12-10-,15-13-,16-14-,19-17-,20-18-,23-21?,24-22?. The van der Waals surface area contributed by atoms with Gasteiger partial charge in [-0.15, -0.1) is 0 Å². The van der Waals surface area contributed by atoms with Crippen LogP contribution in [0.4, 0.5) is 0 Å². The Labute approximate surface area is 184 Å². The lowest BCUT2D eigenvalue weighted by Crippen LogP contribution is -1.76. The van der Waals surface area contributed by atoms with E-state index in [2.05, 4.69) is 48.6 Å². The Morgan fingerprint density at radius 3 is 0.633 bits per heavy atom. The third-order valence-electron chi connectivity index (χ3n) is 4.10. The van der Waals surface area contributed by atoms with Crippen molar-refractivity contribution in [2.75, 3.05) is 0 Å². The van der Waals surface area contributed by atoms with Crippen LogP contribution in [0.5, 0.6) is 0 Å². The summed E-state index contributed by atoms with van der Waals surface area (Å²) in [5.74, 6) is 0. The van der Waals surface area contributed by atoms with Gasteiger partial charge in [-0.05, 0) is 25.7 Å². The van der Waals surface area contributed by atoms with Gasteiger partial charge in [0.1, 0.15) is 0 Å². The van der Waals surface area contributed by atoms with E-state index < -0.39 is 0 Å². The summed E-state index contributed by atoms with van der Waals surface area (Å²) >= 11 is 0. The van der Waals surface area contributed by atoms with Crippen LogP contribution in [-0.4, -0.2) is 0 Å². The molecule has 1 aliphatic carbocycles. The van der Waals surface area contributed by atoms with Gasteiger partial charge in [-0.25, -0.2) is 0 Å². The zero-order chi connectivity index (χ0) is 21.2. The lowest BCUT2D eigenvalue weighted by Gasteiger charge is -1.96. The van der Waals surface area contributed by atoms with Crippen molar-refractivity contribution >= 4 is 0 Å². The molecule has 0 radical (unpaired) electrons. The molecule has 0 heteroatoms. The fourth-order valence-corrected chi connectivity index (χ4v) is 2.51. The van der Waals surface area contributed by atoms with Crippen LogP contribution in [0.2, 0.25) is 0 Å². The van der Waals surface area contributed by atoms with Crippen molar-refractivity contribution in [3.05, 3.63) is 146 Å². The van der Waals surface area contributed by atoms with E-state index in [1.165, 1.54) is 25.7 Å². The number of rotatable bonds is 0. The van der Waals surface area contributed by atoms with E-state index in [0.717, 1.165) is 12.8 Å². The van der Waals surface area contributed by atoms with Crippen LogP contribution in [-0.2, 0) is 0 Å². The lowest BCUT2D eigenvalue weighted by molar-refractivity contribution is 0.652. The van der Waals surface area contributed by atoms with E-state index in [0.29, 0.717) is 0 Å². The van der Waals surface area contributed by atoms with Gasteiger partial charge in [0, 0.05) is 0 Å². The SMILES string of the molecule is C1=CCCCCCCC=C\C=C/C=C\C=C/C=C\C=C/C=C\C=C/C=C\C=C/C=C\1. The van der Waals surface area contributed by atoms with Crippen LogP contribution < -0.4 is 0 Å². The van der Waals surface area contributed by atoms with Gasteiger partial charge in [0.25, 0.3) is 0 Å². The molecule has 0 saturated heterocycles. The lowest BCUT2D eigenvalue weighted by atomic mass is 10.1. The van der Waals surface area contributed by atoms with Crippen molar-refractivity contribution in [1.29, 1.82) is 0 Å². The highest BCUT2D eigenvalue weighted by Crippen LogP contribution is 2.06. The smallest absolute Gasteiger partial charge is 0.0348 e. The van der Waals surface area contributed by atoms with Gasteiger partial charge in [0.15, 0.2) is 0 Å². The van der Waals surface area contributed by atoms with E-state index >= 15 is 0 Å². The molecule has 0 aromatic heterocycles. The Morgan fingerprint density at radius 1 is 0.200 bits per heavy atom. The molecular formula is C30H36. The second-order valence-electron chi connectivity index (χ2n) is 6.70. The zero-order valence-electron chi connectivity index (χ0n) is 18.1. The molecule has 0 saturated carbocycles. The predicted octanol–water partition coefficient (Wildman–Crippen LogP) is 9.02. The molecular weight excluding hydrogens is 360 g/mol. The third kappa shape index (κ3) is 19.6. The fraction of sp³-hybridized carbons (Fsp3) is 0.200. The van der Waals surface area contributed by atoms with E-state index in [-0.39, 0.29) is 0 Å². The molecule has 0 amide bonds. The fourth-order valence-electron chi connectivity index (χ4n) is 2.51. The minimum Gasteiger partial charge on any atom is -0.0845 e. The molecule has 0 aromatic carbocycles. The molecule has 1 aliphatic rings. The molecule has 30 heavy (non-hydrogen) atoms. The van der Waals surface area contributed by atoms with Crippen molar-refractivity contribution in [1.82, 2.24) is 0 Å². The second kappa shape index (κ2) is 22.2. The van der Waals surface area contributed by atoms with Gasteiger partial charge in [0.2, 0.25) is 0 Å². The summed E-state index contributed by atoms with van der Waals surface area (Å²) in [6.45, 7) is 0. The molecule has 0 nitrogen and oxygen atoms in total. The summed E-state index contributed by atoms with van der Waals surface area (Å²) in [5, 5.41) is 0. The summed E-state index contributed by atoms with van der Waals surface area (Å²) in [7, 11) is 0. The van der Waals surface area contributed by atoms with Crippen molar-refractivity contribution in [3.8, 4) is 0 Å². The van der Waals surface area contributed by atoms with Crippen molar-refractivity contribution in [2.24, 2.45) is 0 Å². The highest BCUT2D eigenvalue weighted by atomic mass is 13.9. The first-order valence-electron chi connectivity index (χ1n) is 11.0. The normalized spacial score (nSPS) is 28.3. The maximum Gasteiger partial charge on any atom is -0.0348 e. The average molecular weight is 397 g/mol. The third-order valence-corrected chi connectivity index (χ3v) is 4.10. The molecule has 0 N–H and O–H groups in total. The predicted molar refractivity (Wildman–Crippen MR) is 137 cm³/mol. The molecule has 0 fully saturated rings. The molecule has 0 aromatic rings. The quantitative estimate of drug-likeness (QED) is 0.383. The van der Waals surface area contributed by atoms with Crippen molar-refractivity contribution < 1.29 is 0 Å². The first-order valence-corrected chi connectivity index (χ1v) is 11.0. The van der Waals surface area contributed by atoms with Gasteiger partial charge in [-0.2, -0.15) is 0 Å². The van der Waals surface area contributed by atoms with E-state index in [1.54, 1.807) is 0 Å². The second-order valence-corrected chi connectivity index (χ2v) is 6.70. The Morgan fingerprint density at radius 2 is 0.400 bits per heavy atom. The average Bonchev–Trinajstić information content (AvgIpc) is 2.76. The summed E-state index contributed by atoms with van der Waals surface area (Å²) in [5.41, 5.74) is 0. The molecule has 0 aliphatic heterocycles. The molecule has 0 bridgehead atoms. The van der Waals surface area contributed by atoms with Gasteiger partial charge in [-0.3, -0.25) is 0 Å². The van der Waals surface area contributed by atoms with Crippen LogP contribution in [0.3, 0.4) is 0 Å². The molecule has 0 heterocycles. The minimum atomic E-state index is 1.16. The Balaban J connectivity index is 2.51. The Kier molecular flexibility index (Phi) is 18.4. The van der Waals surface area contributed by atoms with Crippen LogP contribution in [0.15, 0.2) is 146 Å². The van der Waals surface area contributed by atoms with E-state index in [4.69, 9.17) is 0 Å². The molecule has 0 unspecified atom stereocenters. The Hall–Kier alpha value is -3.12. The maximum atomic E-state index is 2.26. The molecule has 0 spiro atoms. The van der Waals surface area contributed by atoms with Crippen LogP contribution in [0, 0.1) is 0 Å². The monoisotopic (exact) mass is 396 g/mol. The number of hydrogen-bond acceptors (Lipinski definition) is 0. The summed E-state index contributed by atoms with van der Waals surface area (Å²) in [6.07, 6.45) is 57.0. The number of hydrogen-bond donors (Lipinski definition) is 0. The number of allylic oxidation sites excluding steroid dienone is 24. The zero-order valence-corrected chi connectivity index (χ0v) is 18.1. The Bertz CT molecular complexity index is 684. The summed E-state index contributed by atoms with van der Waals surface area (Å²) < 4.78 is 0.